The molecule has 0 saturated carbocycles. The summed E-state index contributed by atoms with van der Waals surface area (Å²) in [5.41, 5.74) is 0.794. The molecule has 4 rings (SSSR count). The first-order chi connectivity index (χ1) is 15.6. The monoisotopic (exact) mass is 461 g/mol. The van der Waals surface area contributed by atoms with Gasteiger partial charge >= 0.3 is 12.2 Å². The molecule has 13 heteroatoms. The Balaban J connectivity index is 1.46. The second kappa shape index (κ2) is 8.41. The molecule has 0 aliphatic heterocycles. The fraction of sp³-hybridized carbons (Fsp3) is 0.250. The van der Waals surface area contributed by atoms with Crippen molar-refractivity contribution in [3.8, 4) is 5.88 Å². The van der Waals surface area contributed by atoms with E-state index in [9.17, 15) is 23.2 Å². The lowest BCUT2D eigenvalue weighted by molar-refractivity contribution is -0.416. The van der Waals surface area contributed by atoms with E-state index in [0.29, 0.717) is 27.2 Å². The number of anilines is 1. The number of ether oxygens (including phenoxy) is 1. The third-order valence-electron chi connectivity index (χ3n) is 4.78. The Morgan fingerprint density at radius 1 is 1.36 bits per heavy atom. The summed E-state index contributed by atoms with van der Waals surface area (Å²) >= 11 is 0. The van der Waals surface area contributed by atoms with Crippen LogP contribution in [-0.2, 0) is 19.6 Å². The van der Waals surface area contributed by atoms with Crippen LogP contribution < -0.4 is 10.1 Å². The lowest BCUT2D eigenvalue weighted by Crippen LogP contribution is -2.24. The molecule has 0 radical (unpaired) electrons. The quantitative estimate of drug-likeness (QED) is 0.277. The Labute approximate surface area is 185 Å². The number of aromatic nitrogens is 5. The first-order valence-electron chi connectivity index (χ1n) is 9.64. The van der Waals surface area contributed by atoms with E-state index < -0.39 is 17.9 Å². The molecule has 3 heterocycles. The molecular formula is C20H18F3N7O3. The van der Waals surface area contributed by atoms with Crippen LogP contribution in [0.1, 0.15) is 22.6 Å². The summed E-state index contributed by atoms with van der Waals surface area (Å²) in [7, 11) is 2.48. The maximum atomic E-state index is 12.9. The van der Waals surface area contributed by atoms with E-state index in [1.54, 1.807) is 18.2 Å². The van der Waals surface area contributed by atoms with Crippen molar-refractivity contribution in [2.45, 2.75) is 18.7 Å². The first kappa shape index (κ1) is 22.0. The highest BCUT2D eigenvalue weighted by Crippen LogP contribution is 2.30. The van der Waals surface area contributed by atoms with E-state index in [-0.39, 0.29) is 17.8 Å². The molecule has 33 heavy (non-hydrogen) atoms. The molecule has 1 amide bonds. The lowest BCUT2D eigenvalue weighted by atomic mass is 10.0. The van der Waals surface area contributed by atoms with Gasteiger partial charge in [-0.3, -0.25) is 14.6 Å². The van der Waals surface area contributed by atoms with Gasteiger partial charge in [-0.15, -0.1) is 0 Å². The average Bonchev–Trinajstić information content (AvgIpc) is 3.30. The van der Waals surface area contributed by atoms with Gasteiger partial charge in [0.15, 0.2) is 12.0 Å². The van der Waals surface area contributed by atoms with Crippen molar-refractivity contribution in [1.82, 2.24) is 24.3 Å². The molecular weight excluding hydrogens is 443 g/mol. The summed E-state index contributed by atoms with van der Waals surface area (Å²) in [6.45, 7) is 0. The van der Waals surface area contributed by atoms with Crippen LogP contribution in [0.25, 0.3) is 6.08 Å². The van der Waals surface area contributed by atoms with Gasteiger partial charge < -0.3 is 9.94 Å². The minimum atomic E-state index is -4.58. The summed E-state index contributed by atoms with van der Waals surface area (Å²) < 4.78 is 47.2. The number of hydroxylamine groups is 1. The van der Waals surface area contributed by atoms with Crippen molar-refractivity contribution in [3.63, 3.8) is 0 Å². The van der Waals surface area contributed by atoms with Crippen molar-refractivity contribution < 1.29 is 27.4 Å². The summed E-state index contributed by atoms with van der Waals surface area (Å²) in [6, 6.07) is 3.37. The van der Waals surface area contributed by atoms with Crippen molar-refractivity contribution in [2.24, 2.45) is 7.05 Å². The first-order valence-corrected chi connectivity index (χ1v) is 9.64. The van der Waals surface area contributed by atoms with Crippen LogP contribution in [0.3, 0.4) is 0 Å². The van der Waals surface area contributed by atoms with Gasteiger partial charge in [0.05, 0.1) is 5.69 Å². The van der Waals surface area contributed by atoms with Gasteiger partial charge in [0, 0.05) is 31.8 Å². The number of fused-ring (bicyclic) bond motifs is 1. The molecule has 1 aliphatic rings. The number of aryl methyl sites for hydroxylation is 1. The second-order valence-electron chi connectivity index (χ2n) is 7.24. The van der Waals surface area contributed by atoms with Crippen molar-refractivity contribution in [2.75, 3.05) is 12.4 Å². The number of halogens is 3. The second-order valence-corrected chi connectivity index (χ2v) is 7.24. The van der Waals surface area contributed by atoms with Crippen LogP contribution in [0.5, 0.6) is 5.88 Å². The number of hydrogen-bond acceptors (Lipinski definition) is 6. The molecule has 1 unspecified atom stereocenters. The Morgan fingerprint density at radius 2 is 2.15 bits per heavy atom. The zero-order valence-electron chi connectivity index (χ0n) is 17.4. The van der Waals surface area contributed by atoms with Crippen molar-refractivity contribution in [1.29, 1.82) is 0 Å². The molecule has 3 aromatic rings. The van der Waals surface area contributed by atoms with Gasteiger partial charge in [0.2, 0.25) is 5.88 Å². The van der Waals surface area contributed by atoms with Crippen molar-refractivity contribution in [3.05, 3.63) is 64.7 Å². The zero-order valence-corrected chi connectivity index (χ0v) is 17.4. The van der Waals surface area contributed by atoms with Crippen LogP contribution in [-0.4, -0.2) is 54.5 Å². The number of nitrogens with one attached hydrogen (secondary N) is 1. The highest BCUT2D eigenvalue weighted by atomic mass is 19.4. The highest BCUT2D eigenvalue weighted by Gasteiger charge is 2.35. The van der Waals surface area contributed by atoms with Gasteiger partial charge in [-0.2, -0.15) is 18.3 Å². The van der Waals surface area contributed by atoms with Crippen LogP contribution in [0.2, 0.25) is 0 Å². The standard InChI is InChI=1S/C20H18F3N7O3/c1-28(32)10-13-8-18(25-11-24-13)33-14-3-4-15-12(7-14)5-6-30(15)19(31)26-17-9-16(20(21,22)23)29(2)27-17/h3-6,8-11,14H,7H2,1-2H3,(H,26,27,31)/b28-10-. The lowest BCUT2D eigenvalue weighted by Gasteiger charge is -2.19. The Kier molecular flexibility index (Phi) is 5.62. The molecule has 1 N–H and O–H groups in total. The van der Waals surface area contributed by atoms with E-state index in [1.165, 1.54) is 36.4 Å². The summed E-state index contributed by atoms with van der Waals surface area (Å²) in [6.07, 6.45) is 2.96. The van der Waals surface area contributed by atoms with Crippen LogP contribution >= 0.6 is 0 Å². The van der Waals surface area contributed by atoms with Gasteiger partial charge in [0.25, 0.3) is 0 Å². The van der Waals surface area contributed by atoms with Crippen LogP contribution in [0, 0.1) is 5.21 Å². The van der Waals surface area contributed by atoms with E-state index in [1.807, 2.05) is 0 Å². The summed E-state index contributed by atoms with van der Waals surface area (Å²) in [5.74, 6) is 0.0716. The van der Waals surface area contributed by atoms with Crippen LogP contribution in [0.4, 0.5) is 23.8 Å². The highest BCUT2D eigenvalue weighted by molar-refractivity contribution is 5.92. The summed E-state index contributed by atoms with van der Waals surface area (Å²) in [5, 5.41) is 17.2. The number of rotatable bonds is 4. The van der Waals surface area contributed by atoms with Gasteiger partial charge in [-0.1, -0.05) is 0 Å². The van der Waals surface area contributed by atoms with Gasteiger partial charge in [-0.25, -0.2) is 19.5 Å². The van der Waals surface area contributed by atoms with Gasteiger partial charge in [-0.05, 0) is 23.8 Å². The molecule has 0 aromatic carbocycles. The molecule has 0 fully saturated rings. The molecule has 172 valence electrons. The molecule has 10 nitrogen and oxygen atoms in total. The fourth-order valence-corrected chi connectivity index (χ4v) is 3.38. The fourth-order valence-electron chi connectivity index (χ4n) is 3.38. The minimum absolute atomic E-state index is 0.210. The Morgan fingerprint density at radius 3 is 2.85 bits per heavy atom. The van der Waals surface area contributed by atoms with Crippen LogP contribution in [0.15, 0.2) is 36.8 Å². The predicted molar refractivity (Wildman–Crippen MR) is 111 cm³/mol. The Hall–Kier alpha value is -4.16. The Bertz CT molecular complexity index is 1260. The number of alkyl halides is 3. The maximum absolute atomic E-state index is 12.9. The minimum Gasteiger partial charge on any atom is -0.624 e. The average molecular weight is 461 g/mol. The molecule has 1 aliphatic carbocycles. The molecule has 0 bridgehead atoms. The molecule has 1 atom stereocenters. The van der Waals surface area contributed by atoms with Crippen molar-refractivity contribution >= 4 is 24.1 Å². The molecule has 3 aromatic heterocycles. The topological polar surface area (TPSA) is 113 Å². The number of nitrogens with zero attached hydrogens (tertiary/aromatic N) is 6. The summed E-state index contributed by atoms with van der Waals surface area (Å²) in [4.78, 5) is 20.6. The predicted octanol–water partition coefficient (Wildman–Crippen LogP) is 2.69. The number of carbonyl (C=O) groups excluding carboxylic acids is 1. The zero-order chi connectivity index (χ0) is 23.8. The SMILES string of the molecule is Cn1nc(NC(=O)n2ccc3c2C=CC(Oc2cc(/C=[N+](/C)[O-])ncn2)C3)cc1C(F)(F)F. The smallest absolute Gasteiger partial charge is 0.433 e. The third kappa shape index (κ3) is 4.86. The maximum Gasteiger partial charge on any atom is 0.433 e. The molecule has 0 saturated heterocycles. The largest absolute Gasteiger partial charge is 0.624 e. The molecule has 0 spiro atoms. The normalized spacial score (nSPS) is 15.9. The van der Waals surface area contributed by atoms with E-state index >= 15 is 0 Å². The van der Waals surface area contributed by atoms with E-state index in [2.05, 4.69) is 20.4 Å². The van der Waals surface area contributed by atoms with E-state index in [0.717, 1.165) is 18.7 Å². The third-order valence-corrected chi connectivity index (χ3v) is 4.78. The number of amides is 1. The number of carbonyl (C=O) groups is 1. The number of hydrogen-bond donors (Lipinski definition) is 1. The van der Waals surface area contributed by atoms with E-state index in [4.69, 9.17) is 4.74 Å². The van der Waals surface area contributed by atoms with Gasteiger partial charge in [0.1, 0.15) is 30.9 Å².